The van der Waals surface area contributed by atoms with Crippen molar-refractivity contribution >= 4 is 23.9 Å². The van der Waals surface area contributed by atoms with Crippen molar-refractivity contribution in [1.29, 1.82) is 0 Å². The zero-order valence-corrected chi connectivity index (χ0v) is 21.2. The van der Waals surface area contributed by atoms with Crippen LogP contribution < -0.4 is 11.1 Å². The highest BCUT2D eigenvalue weighted by Gasteiger charge is 2.43. The summed E-state index contributed by atoms with van der Waals surface area (Å²) in [4.78, 5) is 25.7. The minimum atomic E-state index is -0.909. The average molecular weight is 477 g/mol. The molecule has 6 nitrogen and oxygen atoms in total. The van der Waals surface area contributed by atoms with Crippen LogP contribution in [-0.4, -0.2) is 38.6 Å². The van der Waals surface area contributed by atoms with Gasteiger partial charge in [0, 0.05) is 28.3 Å². The van der Waals surface area contributed by atoms with Gasteiger partial charge in [0.25, 0.3) is 0 Å². The van der Waals surface area contributed by atoms with Gasteiger partial charge in [-0.15, -0.1) is 0 Å². The second-order valence-corrected chi connectivity index (χ2v) is 9.75. The fourth-order valence-corrected chi connectivity index (χ4v) is 4.51. The lowest BCUT2D eigenvalue weighted by Crippen LogP contribution is -2.34. The van der Waals surface area contributed by atoms with E-state index in [2.05, 4.69) is 26.1 Å². The number of carbonyl (C=O) groups is 2. The van der Waals surface area contributed by atoms with Crippen molar-refractivity contribution in [1.82, 2.24) is 5.32 Å². The lowest BCUT2D eigenvalue weighted by molar-refractivity contribution is -0.139. The predicted molar refractivity (Wildman–Crippen MR) is 132 cm³/mol. The van der Waals surface area contributed by atoms with Gasteiger partial charge in [0.2, 0.25) is 0 Å². The van der Waals surface area contributed by atoms with E-state index in [-0.39, 0.29) is 18.6 Å². The second-order valence-electron chi connectivity index (χ2n) is 9.35. The molecule has 1 heterocycles. The van der Waals surface area contributed by atoms with E-state index in [1.807, 2.05) is 25.1 Å². The largest absolute Gasteiger partial charge is 0.463 e. The van der Waals surface area contributed by atoms with Gasteiger partial charge >= 0.3 is 5.97 Å². The maximum Gasteiger partial charge on any atom is 0.336 e. The monoisotopic (exact) mass is 476 g/mol. The van der Waals surface area contributed by atoms with Crippen LogP contribution in [-0.2, 0) is 24.5 Å². The van der Waals surface area contributed by atoms with Gasteiger partial charge in [-0.2, -0.15) is 0 Å². The number of hydrogen-bond acceptors (Lipinski definition) is 6. The molecule has 1 aromatic rings. The third-order valence-corrected chi connectivity index (χ3v) is 6.63. The first-order valence-corrected chi connectivity index (χ1v) is 11.9. The molecule has 0 aliphatic carbocycles. The van der Waals surface area contributed by atoms with Crippen molar-refractivity contribution in [2.75, 3.05) is 26.4 Å². The van der Waals surface area contributed by atoms with Crippen LogP contribution in [0.4, 0.5) is 0 Å². The molecule has 0 radical (unpaired) electrons. The summed E-state index contributed by atoms with van der Waals surface area (Å²) in [6.07, 6.45) is 2.76. The van der Waals surface area contributed by atoms with Crippen molar-refractivity contribution in [3.63, 3.8) is 0 Å². The van der Waals surface area contributed by atoms with Crippen LogP contribution in [0.3, 0.4) is 0 Å². The Morgan fingerprint density at radius 2 is 1.97 bits per heavy atom. The van der Waals surface area contributed by atoms with Gasteiger partial charge in [-0.1, -0.05) is 63.9 Å². The van der Waals surface area contributed by atoms with Crippen molar-refractivity contribution in [2.45, 2.75) is 59.3 Å². The summed E-state index contributed by atoms with van der Waals surface area (Å²) in [5, 5.41) is 3.94. The van der Waals surface area contributed by atoms with E-state index in [0.717, 1.165) is 24.0 Å². The molecule has 0 aromatic heterocycles. The standard InChI is InChI=1S/C26H37ClN2O4/c1-6-25(3,4)15-21-18(16-30)14-26(5,19-10-8-9-11-20(19)27)23(24(31)33-7-2)22(29-21)17-32-13-12-28/h8-11,16,29H,6-7,12-15,17,28H2,1-5H3/t26-/m1/s1. The van der Waals surface area contributed by atoms with Gasteiger partial charge < -0.3 is 20.5 Å². The van der Waals surface area contributed by atoms with Gasteiger partial charge in [0.1, 0.15) is 6.29 Å². The fourth-order valence-electron chi connectivity index (χ4n) is 4.16. The highest BCUT2D eigenvalue weighted by atomic mass is 35.5. The highest BCUT2D eigenvalue weighted by Crippen LogP contribution is 2.45. The maximum absolute atomic E-state index is 13.4. The number of aldehydes is 1. The summed E-state index contributed by atoms with van der Waals surface area (Å²) in [5.74, 6) is -0.458. The van der Waals surface area contributed by atoms with Crippen LogP contribution in [0, 0.1) is 5.41 Å². The van der Waals surface area contributed by atoms with Crippen molar-refractivity contribution in [3.8, 4) is 0 Å². The van der Waals surface area contributed by atoms with Crippen LogP contribution in [0.15, 0.2) is 46.8 Å². The van der Waals surface area contributed by atoms with Gasteiger partial charge in [-0.25, -0.2) is 4.79 Å². The Labute approximate surface area is 202 Å². The molecule has 0 fully saturated rings. The fraction of sp³-hybridized carbons (Fsp3) is 0.538. The number of rotatable bonds is 11. The quantitative estimate of drug-likeness (QED) is 0.274. The molecular formula is C26H37ClN2O4. The van der Waals surface area contributed by atoms with Crippen molar-refractivity contribution in [2.24, 2.45) is 11.1 Å². The zero-order chi connectivity index (χ0) is 24.6. The number of hydrogen-bond donors (Lipinski definition) is 2. The molecule has 0 saturated heterocycles. The molecular weight excluding hydrogens is 440 g/mol. The molecule has 0 spiro atoms. The Bertz CT molecular complexity index is 923. The van der Waals surface area contributed by atoms with E-state index < -0.39 is 11.4 Å². The van der Waals surface area contributed by atoms with Crippen molar-refractivity contribution in [3.05, 3.63) is 57.4 Å². The minimum Gasteiger partial charge on any atom is -0.463 e. The van der Waals surface area contributed by atoms with Gasteiger partial charge in [0.15, 0.2) is 0 Å². The van der Waals surface area contributed by atoms with Crippen LogP contribution in [0.1, 0.15) is 59.4 Å². The number of halogens is 1. The summed E-state index contributed by atoms with van der Waals surface area (Å²) in [6.45, 7) is 11.2. The number of carbonyl (C=O) groups excluding carboxylic acids is 2. The van der Waals surface area contributed by atoms with Crippen LogP contribution >= 0.6 is 11.6 Å². The molecule has 2 rings (SSSR count). The molecule has 1 aliphatic rings. The average Bonchev–Trinajstić information content (AvgIpc) is 2.88. The second kappa shape index (κ2) is 11.8. The van der Waals surface area contributed by atoms with E-state index in [1.165, 1.54) is 0 Å². The number of benzene rings is 1. The molecule has 0 amide bonds. The lowest BCUT2D eigenvalue weighted by atomic mass is 9.70. The lowest BCUT2D eigenvalue weighted by Gasteiger charge is -2.33. The Kier molecular flexibility index (Phi) is 9.70. The Hall–Kier alpha value is -2.15. The Morgan fingerprint density at radius 3 is 2.55 bits per heavy atom. The highest BCUT2D eigenvalue weighted by molar-refractivity contribution is 6.31. The van der Waals surface area contributed by atoms with Gasteiger partial charge in [-0.05, 0) is 36.8 Å². The summed E-state index contributed by atoms with van der Waals surface area (Å²) in [7, 11) is 0. The molecule has 182 valence electrons. The SMILES string of the molecule is CCOC(=O)C1=C(COCCN)NC(CC(C)(C)CC)=C(C=O)C[C@]1(C)c1ccccc1Cl. The van der Waals surface area contributed by atoms with E-state index in [4.69, 9.17) is 26.8 Å². The Balaban J connectivity index is 2.80. The van der Waals surface area contributed by atoms with Crippen LogP contribution in [0.25, 0.3) is 0 Å². The molecule has 0 saturated carbocycles. The maximum atomic E-state index is 13.4. The topological polar surface area (TPSA) is 90.7 Å². The minimum absolute atomic E-state index is 0.0466. The molecule has 33 heavy (non-hydrogen) atoms. The summed E-state index contributed by atoms with van der Waals surface area (Å²) < 4.78 is 11.3. The molecule has 3 N–H and O–H groups in total. The molecule has 7 heteroatoms. The van der Waals surface area contributed by atoms with E-state index in [9.17, 15) is 9.59 Å². The molecule has 1 aromatic carbocycles. The van der Waals surface area contributed by atoms with Gasteiger partial charge in [0.05, 0.1) is 31.1 Å². The predicted octanol–water partition coefficient (Wildman–Crippen LogP) is 4.66. The number of esters is 1. The smallest absolute Gasteiger partial charge is 0.336 e. The number of nitrogens with two attached hydrogens (primary N) is 1. The number of nitrogens with one attached hydrogen (secondary N) is 1. The summed E-state index contributed by atoms with van der Waals surface area (Å²) >= 11 is 6.63. The van der Waals surface area contributed by atoms with E-state index >= 15 is 0 Å². The summed E-state index contributed by atoms with van der Waals surface area (Å²) in [6, 6.07) is 7.40. The molecule has 1 atom stereocenters. The first kappa shape index (κ1) is 27.1. The number of ether oxygens (including phenoxy) is 2. The Morgan fingerprint density at radius 1 is 1.27 bits per heavy atom. The third-order valence-electron chi connectivity index (χ3n) is 6.30. The summed E-state index contributed by atoms with van der Waals surface area (Å²) in [5.41, 5.74) is 7.81. The van der Waals surface area contributed by atoms with Crippen LogP contribution in [0.2, 0.25) is 5.02 Å². The van der Waals surface area contributed by atoms with Crippen molar-refractivity contribution < 1.29 is 19.1 Å². The van der Waals surface area contributed by atoms with Crippen LogP contribution in [0.5, 0.6) is 0 Å². The molecule has 0 unspecified atom stereocenters. The van der Waals surface area contributed by atoms with E-state index in [1.54, 1.807) is 13.0 Å². The van der Waals surface area contributed by atoms with Gasteiger partial charge in [-0.3, -0.25) is 4.79 Å². The normalized spacial score (nSPS) is 19.2. The number of allylic oxidation sites excluding steroid dienone is 2. The first-order valence-electron chi connectivity index (χ1n) is 11.5. The molecule has 1 aliphatic heterocycles. The zero-order valence-electron chi connectivity index (χ0n) is 20.4. The first-order chi connectivity index (χ1) is 15.6. The molecule has 0 bridgehead atoms. The van der Waals surface area contributed by atoms with E-state index in [0.29, 0.717) is 47.9 Å². The third kappa shape index (κ3) is 6.46.